The average Bonchev–Trinajstić information content (AvgIpc) is 2.28. The molecule has 2 N–H and O–H groups in total. The number of nitrogens with zero attached hydrogens (tertiary/aromatic N) is 1. The van der Waals surface area contributed by atoms with Crippen LogP contribution in [0.2, 0.25) is 5.02 Å². The molecule has 0 radical (unpaired) electrons. The first-order valence-electron chi connectivity index (χ1n) is 5.32. The van der Waals surface area contributed by atoms with E-state index < -0.39 is 0 Å². The fourth-order valence-corrected chi connectivity index (χ4v) is 1.97. The predicted molar refractivity (Wildman–Crippen MR) is 74.1 cm³/mol. The second kappa shape index (κ2) is 6.81. The molecule has 0 unspecified atom stereocenters. The van der Waals surface area contributed by atoms with E-state index in [-0.39, 0.29) is 0 Å². The van der Waals surface area contributed by atoms with E-state index in [1.54, 1.807) is 11.8 Å². The van der Waals surface area contributed by atoms with Crippen molar-refractivity contribution in [3.05, 3.63) is 34.9 Å². The van der Waals surface area contributed by atoms with Crippen LogP contribution in [0.5, 0.6) is 0 Å². The van der Waals surface area contributed by atoms with Gasteiger partial charge in [0.15, 0.2) is 5.17 Å². The Morgan fingerprint density at radius 3 is 2.62 bits per heavy atom. The van der Waals surface area contributed by atoms with Gasteiger partial charge in [-0.1, -0.05) is 42.4 Å². The van der Waals surface area contributed by atoms with Crippen LogP contribution in [0.1, 0.15) is 25.8 Å². The summed E-state index contributed by atoms with van der Waals surface area (Å²) < 4.78 is 0. The van der Waals surface area contributed by atoms with Gasteiger partial charge in [-0.05, 0) is 31.0 Å². The molecule has 0 aromatic heterocycles. The van der Waals surface area contributed by atoms with Crippen LogP contribution < -0.4 is 5.73 Å². The lowest BCUT2D eigenvalue weighted by molar-refractivity contribution is 0.718. The van der Waals surface area contributed by atoms with Gasteiger partial charge < -0.3 is 5.73 Å². The highest BCUT2D eigenvalue weighted by Gasteiger charge is 2.00. The number of halogens is 1. The summed E-state index contributed by atoms with van der Waals surface area (Å²) in [5.74, 6) is 0.836. The summed E-state index contributed by atoms with van der Waals surface area (Å²) in [6.45, 7) is 4.17. The van der Waals surface area contributed by atoms with Gasteiger partial charge in [0.05, 0.1) is 0 Å². The molecule has 16 heavy (non-hydrogen) atoms. The van der Waals surface area contributed by atoms with E-state index in [9.17, 15) is 0 Å². The van der Waals surface area contributed by atoms with Crippen molar-refractivity contribution in [2.75, 3.05) is 0 Å². The van der Waals surface area contributed by atoms with Gasteiger partial charge in [-0.3, -0.25) is 4.99 Å². The summed E-state index contributed by atoms with van der Waals surface area (Å²) in [6.07, 6.45) is 1.02. The lowest BCUT2D eigenvalue weighted by Gasteiger charge is -2.05. The zero-order chi connectivity index (χ0) is 12.0. The number of thioether (sulfide) groups is 1. The van der Waals surface area contributed by atoms with Crippen molar-refractivity contribution in [2.45, 2.75) is 32.1 Å². The number of benzene rings is 1. The fourth-order valence-electron chi connectivity index (χ4n) is 1.08. The van der Waals surface area contributed by atoms with Crippen LogP contribution in [0.15, 0.2) is 29.3 Å². The van der Waals surface area contributed by atoms with E-state index >= 15 is 0 Å². The zero-order valence-electron chi connectivity index (χ0n) is 9.61. The molecule has 1 atom stereocenters. The molecule has 1 aromatic rings. The third-order valence-electron chi connectivity index (χ3n) is 2.24. The molecule has 0 aliphatic heterocycles. The molecule has 1 rings (SSSR count). The average molecular weight is 257 g/mol. The second-order valence-corrected chi connectivity index (χ2v) is 5.07. The van der Waals surface area contributed by atoms with E-state index in [1.165, 1.54) is 5.56 Å². The molecule has 0 saturated heterocycles. The van der Waals surface area contributed by atoms with Crippen molar-refractivity contribution in [2.24, 2.45) is 10.7 Å². The maximum atomic E-state index is 5.81. The van der Waals surface area contributed by atoms with Crippen molar-refractivity contribution in [1.29, 1.82) is 0 Å². The number of aliphatic imine (C=N–C) groups is 1. The monoisotopic (exact) mass is 256 g/mol. The molecule has 0 aliphatic carbocycles. The largest absolute Gasteiger partial charge is 0.379 e. The first-order valence-corrected chi connectivity index (χ1v) is 6.68. The summed E-state index contributed by atoms with van der Waals surface area (Å²) in [5.41, 5.74) is 7.02. The SMILES string of the molecule is CC[C@H](C)N=C(N)SCc1ccc(Cl)cc1. The van der Waals surface area contributed by atoms with Gasteiger partial charge in [0.1, 0.15) is 0 Å². The molecular formula is C12H17ClN2S. The third kappa shape index (κ3) is 4.90. The number of amidine groups is 1. The van der Waals surface area contributed by atoms with Crippen LogP contribution in [0, 0.1) is 0 Å². The summed E-state index contributed by atoms with van der Waals surface area (Å²) in [6, 6.07) is 8.09. The van der Waals surface area contributed by atoms with E-state index in [4.69, 9.17) is 17.3 Å². The molecule has 0 amide bonds. The number of hydrogen-bond acceptors (Lipinski definition) is 2. The van der Waals surface area contributed by atoms with Crippen LogP contribution in [-0.4, -0.2) is 11.2 Å². The standard InChI is InChI=1S/C12H17ClN2S/c1-3-9(2)15-12(14)16-8-10-4-6-11(13)7-5-10/h4-7,9H,3,8H2,1-2H3,(H2,14,15)/t9-/m0/s1. The summed E-state index contributed by atoms with van der Waals surface area (Å²) in [4.78, 5) is 4.36. The minimum absolute atomic E-state index is 0.303. The Morgan fingerprint density at radius 1 is 1.44 bits per heavy atom. The highest BCUT2D eigenvalue weighted by molar-refractivity contribution is 8.13. The number of rotatable bonds is 4. The smallest absolute Gasteiger partial charge is 0.154 e. The molecule has 88 valence electrons. The summed E-state index contributed by atoms with van der Waals surface area (Å²) >= 11 is 7.37. The highest BCUT2D eigenvalue weighted by Crippen LogP contribution is 2.15. The quantitative estimate of drug-likeness (QED) is 0.659. The molecule has 0 saturated carbocycles. The lowest BCUT2D eigenvalue weighted by atomic mass is 10.2. The van der Waals surface area contributed by atoms with Crippen LogP contribution in [-0.2, 0) is 5.75 Å². The number of nitrogens with two attached hydrogens (primary N) is 1. The van der Waals surface area contributed by atoms with Gasteiger partial charge in [-0.15, -0.1) is 0 Å². The van der Waals surface area contributed by atoms with Crippen LogP contribution >= 0.6 is 23.4 Å². The van der Waals surface area contributed by atoms with Crippen LogP contribution in [0.4, 0.5) is 0 Å². The Labute approximate surface area is 106 Å². The van der Waals surface area contributed by atoms with Crippen molar-refractivity contribution < 1.29 is 0 Å². The van der Waals surface area contributed by atoms with Crippen molar-refractivity contribution in [3.63, 3.8) is 0 Å². The highest BCUT2D eigenvalue weighted by atomic mass is 35.5. The minimum atomic E-state index is 0.303. The zero-order valence-corrected chi connectivity index (χ0v) is 11.2. The van der Waals surface area contributed by atoms with Gasteiger partial charge in [-0.2, -0.15) is 0 Å². The van der Waals surface area contributed by atoms with Crippen LogP contribution in [0.3, 0.4) is 0 Å². The summed E-state index contributed by atoms with van der Waals surface area (Å²) in [5, 5.41) is 1.42. The molecule has 0 aliphatic rings. The minimum Gasteiger partial charge on any atom is -0.379 e. The third-order valence-corrected chi connectivity index (χ3v) is 3.37. The Bertz CT molecular complexity index is 349. The van der Waals surface area contributed by atoms with Crippen molar-refractivity contribution in [3.8, 4) is 0 Å². The van der Waals surface area contributed by atoms with Gasteiger partial charge in [0.2, 0.25) is 0 Å². The Hall–Kier alpha value is -0.670. The van der Waals surface area contributed by atoms with E-state index in [2.05, 4.69) is 18.8 Å². The molecule has 2 nitrogen and oxygen atoms in total. The molecule has 1 aromatic carbocycles. The molecule has 0 heterocycles. The van der Waals surface area contributed by atoms with Gasteiger partial charge >= 0.3 is 0 Å². The van der Waals surface area contributed by atoms with Crippen molar-refractivity contribution >= 4 is 28.5 Å². The first kappa shape index (κ1) is 13.4. The molecule has 0 bridgehead atoms. The normalized spacial score (nSPS) is 13.8. The maximum Gasteiger partial charge on any atom is 0.154 e. The summed E-state index contributed by atoms with van der Waals surface area (Å²) in [7, 11) is 0. The topological polar surface area (TPSA) is 38.4 Å². The Kier molecular flexibility index (Phi) is 5.71. The Balaban J connectivity index is 2.45. The molecule has 0 spiro atoms. The molecular weight excluding hydrogens is 240 g/mol. The van der Waals surface area contributed by atoms with Gasteiger partial charge in [0.25, 0.3) is 0 Å². The van der Waals surface area contributed by atoms with Crippen LogP contribution in [0.25, 0.3) is 0 Å². The first-order chi connectivity index (χ1) is 7.61. The maximum absolute atomic E-state index is 5.81. The van der Waals surface area contributed by atoms with Gasteiger partial charge in [-0.25, -0.2) is 0 Å². The van der Waals surface area contributed by atoms with Gasteiger partial charge in [0, 0.05) is 16.8 Å². The second-order valence-electron chi connectivity index (χ2n) is 3.64. The lowest BCUT2D eigenvalue weighted by Crippen LogP contribution is -2.11. The molecule has 0 fully saturated rings. The number of hydrogen-bond donors (Lipinski definition) is 1. The van der Waals surface area contributed by atoms with E-state index in [1.807, 2.05) is 24.3 Å². The Morgan fingerprint density at radius 2 is 2.06 bits per heavy atom. The molecule has 4 heteroatoms. The fraction of sp³-hybridized carbons (Fsp3) is 0.417. The predicted octanol–water partition coefficient (Wildman–Crippen LogP) is 3.69. The van der Waals surface area contributed by atoms with Crippen molar-refractivity contribution in [1.82, 2.24) is 0 Å². The van der Waals surface area contributed by atoms with E-state index in [0.29, 0.717) is 11.2 Å². The van der Waals surface area contributed by atoms with E-state index in [0.717, 1.165) is 17.2 Å².